The molecule has 0 bridgehead atoms. The lowest BCUT2D eigenvalue weighted by Gasteiger charge is -2.25. The third-order valence-corrected chi connectivity index (χ3v) is 3.37. The Morgan fingerprint density at radius 2 is 1.84 bits per heavy atom. The van der Waals surface area contributed by atoms with Crippen molar-refractivity contribution in [2.45, 2.75) is 39.2 Å². The summed E-state index contributed by atoms with van der Waals surface area (Å²) in [5.41, 5.74) is 2.59. The van der Waals surface area contributed by atoms with Crippen LogP contribution in [-0.2, 0) is 11.2 Å². The number of rotatable bonds is 7. The van der Waals surface area contributed by atoms with Crippen LogP contribution in [-0.4, -0.2) is 31.4 Å². The zero-order valence-corrected chi connectivity index (χ0v) is 12.6. The van der Waals surface area contributed by atoms with Gasteiger partial charge in [-0.2, -0.15) is 0 Å². The Morgan fingerprint density at radius 1 is 1.21 bits per heavy atom. The van der Waals surface area contributed by atoms with Crippen molar-refractivity contribution in [1.82, 2.24) is 10.2 Å². The average Bonchev–Trinajstić information content (AvgIpc) is 2.39. The molecule has 0 radical (unpaired) electrons. The molecule has 0 aromatic heterocycles. The minimum Gasteiger partial charge on any atom is -0.354 e. The largest absolute Gasteiger partial charge is 0.354 e. The Balaban J connectivity index is 2.68. The topological polar surface area (TPSA) is 32.3 Å². The maximum Gasteiger partial charge on any atom is 0.220 e. The van der Waals surface area contributed by atoms with Crippen LogP contribution in [0.3, 0.4) is 0 Å². The van der Waals surface area contributed by atoms with Gasteiger partial charge in [-0.1, -0.05) is 38.1 Å². The maximum atomic E-state index is 11.6. The van der Waals surface area contributed by atoms with Crippen molar-refractivity contribution in [2.24, 2.45) is 0 Å². The monoisotopic (exact) mass is 262 g/mol. The molecule has 106 valence electrons. The van der Waals surface area contributed by atoms with E-state index >= 15 is 0 Å². The summed E-state index contributed by atoms with van der Waals surface area (Å²) in [7, 11) is 4.09. The molecule has 1 aromatic carbocycles. The molecule has 0 saturated carbocycles. The second kappa shape index (κ2) is 7.95. The van der Waals surface area contributed by atoms with Crippen molar-refractivity contribution in [1.29, 1.82) is 0 Å². The molecule has 3 nitrogen and oxygen atoms in total. The smallest absolute Gasteiger partial charge is 0.220 e. The van der Waals surface area contributed by atoms with Gasteiger partial charge < -0.3 is 10.2 Å². The first-order valence-electron chi connectivity index (χ1n) is 7.10. The molecule has 3 heteroatoms. The molecule has 0 aliphatic rings. The van der Waals surface area contributed by atoms with E-state index in [0.717, 1.165) is 12.8 Å². The molecule has 1 N–H and O–H groups in total. The van der Waals surface area contributed by atoms with Gasteiger partial charge in [-0.25, -0.2) is 0 Å². The normalized spacial score (nSPS) is 12.5. The lowest BCUT2D eigenvalue weighted by atomic mass is 10.0. The SMILES string of the molecule is CCCC(=O)NCC(c1ccc(CC)cc1)N(C)C. The van der Waals surface area contributed by atoms with Gasteiger partial charge in [0.2, 0.25) is 5.91 Å². The van der Waals surface area contributed by atoms with E-state index in [1.807, 2.05) is 21.0 Å². The van der Waals surface area contributed by atoms with E-state index in [1.54, 1.807) is 0 Å². The highest BCUT2D eigenvalue weighted by molar-refractivity contribution is 5.75. The van der Waals surface area contributed by atoms with Crippen LogP contribution in [0.4, 0.5) is 0 Å². The van der Waals surface area contributed by atoms with Crippen LogP contribution in [0.25, 0.3) is 0 Å². The van der Waals surface area contributed by atoms with E-state index in [-0.39, 0.29) is 11.9 Å². The van der Waals surface area contributed by atoms with Crippen LogP contribution < -0.4 is 5.32 Å². The summed E-state index contributed by atoms with van der Waals surface area (Å²) >= 11 is 0. The lowest BCUT2D eigenvalue weighted by molar-refractivity contribution is -0.121. The highest BCUT2D eigenvalue weighted by atomic mass is 16.1. The minimum atomic E-state index is 0.138. The Bertz CT molecular complexity index is 384. The number of carbonyl (C=O) groups excluding carboxylic acids is 1. The van der Waals surface area contributed by atoms with Gasteiger partial charge in [0.25, 0.3) is 0 Å². The quantitative estimate of drug-likeness (QED) is 0.819. The summed E-state index contributed by atoms with van der Waals surface area (Å²) in [5.74, 6) is 0.138. The number of nitrogens with zero attached hydrogens (tertiary/aromatic N) is 1. The number of benzene rings is 1. The fourth-order valence-corrected chi connectivity index (χ4v) is 2.10. The number of nitrogens with one attached hydrogen (secondary N) is 1. The first-order chi connectivity index (χ1) is 9.08. The molecule has 1 atom stereocenters. The number of aryl methyl sites for hydroxylation is 1. The fourth-order valence-electron chi connectivity index (χ4n) is 2.10. The van der Waals surface area contributed by atoms with Crippen molar-refractivity contribution in [3.8, 4) is 0 Å². The average molecular weight is 262 g/mol. The maximum absolute atomic E-state index is 11.6. The summed E-state index contributed by atoms with van der Waals surface area (Å²) < 4.78 is 0. The molecule has 19 heavy (non-hydrogen) atoms. The number of amides is 1. The second-order valence-corrected chi connectivity index (χ2v) is 5.13. The summed E-state index contributed by atoms with van der Waals surface area (Å²) in [4.78, 5) is 13.7. The van der Waals surface area contributed by atoms with Gasteiger partial charge in [-0.05, 0) is 38.1 Å². The lowest BCUT2D eigenvalue weighted by Crippen LogP contribution is -2.34. The van der Waals surface area contributed by atoms with Crippen molar-refractivity contribution in [3.05, 3.63) is 35.4 Å². The Hall–Kier alpha value is -1.35. The van der Waals surface area contributed by atoms with Gasteiger partial charge >= 0.3 is 0 Å². The van der Waals surface area contributed by atoms with Gasteiger partial charge in [0.15, 0.2) is 0 Å². The highest BCUT2D eigenvalue weighted by Crippen LogP contribution is 2.18. The Kier molecular flexibility index (Phi) is 6.57. The zero-order chi connectivity index (χ0) is 14.3. The van der Waals surface area contributed by atoms with Gasteiger partial charge in [-0.3, -0.25) is 4.79 Å². The van der Waals surface area contributed by atoms with E-state index in [1.165, 1.54) is 11.1 Å². The summed E-state index contributed by atoms with van der Waals surface area (Å²) in [6.45, 7) is 4.84. The zero-order valence-electron chi connectivity index (χ0n) is 12.6. The molecule has 0 aliphatic heterocycles. The van der Waals surface area contributed by atoms with Crippen LogP contribution in [0.2, 0.25) is 0 Å². The Labute approximate surface area is 117 Å². The molecule has 1 aromatic rings. The third kappa shape index (κ3) is 5.03. The van der Waals surface area contributed by atoms with E-state index in [4.69, 9.17) is 0 Å². The molecule has 1 rings (SSSR count). The molecule has 1 amide bonds. The molecular formula is C16H26N2O. The van der Waals surface area contributed by atoms with Gasteiger partial charge in [0.1, 0.15) is 0 Å². The standard InChI is InChI=1S/C16H26N2O/c1-5-7-16(19)17-12-15(18(3)4)14-10-8-13(6-2)9-11-14/h8-11,15H,5-7,12H2,1-4H3,(H,17,19). The molecule has 0 aliphatic carbocycles. The second-order valence-electron chi connectivity index (χ2n) is 5.13. The Morgan fingerprint density at radius 3 is 2.32 bits per heavy atom. The first-order valence-corrected chi connectivity index (χ1v) is 7.10. The molecule has 0 heterocycles. The van der Waals surface area contributed by atoms with E-state index in [9.17, 15) is 4.79 Å². The molecule has 1 unspecified atom stereocenters. The van der Waals surface area contributed by atoms with Gasteiger partial charge in [0, 0.05) is 13.0 Å². The van der Waals surface area contributed by atoms with Crippen LogP contribution in [0, 0.1) is 0 Å². The van der Waals surface area contributed by atoms with Crippen molar-refractivity contribution >= 4 is 5.91 Å². The first kappa shape index (κ1) is 15.7. The predicted octanol–water partition coefficient (Wildman–Crippen LogP) is 2.77. The summed E-state index contributed by atoms with van der Waals surface area (Å²) in [6, 6.07) is 8.89. The van der Waals surface area contributed by atoms with Crippen LogP contribution in [0.5, 0.6) is 0 Å². The van der Waals surface area contributed by atoms with E-state index in [2.05, 4.69) is 41.4 Å². The van der Waals surface area contributed by atoms with Crippen LogP contribution in [0.15, 0.2) is 24.3 Å². The van der Waals surface area contributed by atoms with E-state index < -0.39 is 0 Å². The minimum absolute atomic E-state index is 0.138. The fraction of sp³-hybridized carbons (Fsp3) is 0.562. The van der Waals surface area contributed by atoms with Crippen molar-refractivity contribution in [3.63, 3.8) is 0 Å². The van der Waals surface area contributed by atoms with Crippen molar-refractivity contribution in [2.75, 3.05) is 20.6 Å². The highest BCUT2D eigenvalue weighted by Gasteiger charge is 2.14. The molecule has 0 saturated heterocycles. The summed E-state index contributed by atoms with van der Waals surface area (Å²) in [5, 5.41) is 3.01. The van der Waals surface area contributed by atoms with E-state index in [0.29, 0.717) is 13.0 Å². The number of likely N-dealkylation sites (N-methyl/N-ethyl adjacent to an activating group) is 1. The number of hydrogen-bond acceptors (Lipinski definition) is 2. The van der Waals surface area contributed by atoms with Gasteiger partial charge in [0.05, 0.1) is 6.04 Å². The number of carbonyl (C=O) groups is 1. The molecule has 0 spiro atoms. The van der Waals surface area contributed by atoms with Crippen molar-refractivity contribution < 1.29 is 4.79 Å². The van der Waals surface area contributed by atoms with Gasteiger partial charge in [-0.15, -0.1) is 0 Å². The number of hydrogen-bond donors (Lipinski definition) is 1. The molecule has 0 fully saturated rings. The van der Waals surface area contributed by atoms with Crippen LogP contribution in [0.1, 0.15) is 43.9 Å². The third-order valence-electron chi connectivity index (χ3n) is 3.37. The summed E-state index contributed by atoms with van der Waals surface area (Å²) in [6.07, 6.45) is 2.55. The predicted molar refractivity (Wildman–Crippen MR) is 80.2 cm³/mol. The van der Waals surface area contributed by atoms with Crippen LogP contribution >= 0.6 is 0 Å². The molecular weight excluding hydrogens is 236 g/mol.